The average Bonchev–Trinajstić information content (AvgIpc) is 2.03. The summed E-state index contributed by atoms with van der Waals surface area (Å²) in [7, 11) is 1.67. The number of hydrogen-bond donors (Lipinski definition) is 1. The van der Waals surface area contributed by atoms with Gasteiger partial charge in [0.2, 0.25) is 0 Å². The molecule has 0 aromatic rings. The van der Waals surface area contributed by atoms with Gasteiger partial charge in [-0.2, -0.15) is 0 Å². The Balaban J connectivity index is 4.14. The molecule has 2 atom stereocenters. The molecule has 2 unspecified atom stereocenters. The molecule has 0 aromatic heterocycles. The first-order chi connectivity index (χ1) is 5.10. The van der Waals surface area contributed by atoms with Gasteiger partial charge in [-0.3, -0.25) is 0 Å². The molecule has 0 aliphatic rings. The Kier molecular flexibility index (Phi) is 4.17. The Morgan fingerprint density at radius 1 is 1.73 bits per heavy atom. The van der Waals surface area contributed by atoms with Crippen molar-refractivity contribution in [3.05, 3.63) is 0 Å². The molecular weight excluding hydrogens is 138 g/mol. The number of hydrogen-bond acceptors (Lipinski definition) is 2. The molecule has 64 valence electrons. The van der Waals surface area contributed by atoms with Crippen molar-refractivity contribution in [1.82, 2.24) is 0 Å². The highest BCUT2D eigenvalue weighted by molar-refractivity contribution is 4.96. The van der Waals surface area contributed by atoms with Crippen molar-refractivity contribution in [1.29, 1.82) is 0 Å². The maximum absolute atomic E-state index is 5.82. The molecule has 0 spiro atoms. The van der Waals surface area contributed by atoms with Crippen molar-refractivity contribution in [3.8, 4) is 12.3 Å². The summed E-state index contributed by atoms with van der Waals surface area (Å²) >= 11 is 0. The highest BCUT2D eigenvalue weighted by Gasteiger charge is 2.28. The van der Waals surface area contributed by atoms with Crippen molar-refractivity contribution in [2.75, 3.05) is 7.11 Å². The van der Waals surface area contributed by atoms with E-state index < -0.39 is 0 Å². The van der Waals surface area contributed by atoms with Crippen molar-refractivity contribution >= 4 is 0 Å². The lowest BCUT2D eigenvalue weighted by Gasteiger charge is -2.32. The standard InChI is InChI=1S/C9H17NO/c1-5-7-8(10)9(3,6-2)11-4/h1,8H,6-7,10H2,2-4H3. The summed E-state index contributed by atoms with van der Waals surface area (Å²) < 4.78 is 5.28. The zero-order valence-corrected chi connectivity index (χ0v) is 7.55. The Hall–Kier alpha value is -0.520. The van der Waals surface area contributed by atoms with E-state index in [9.17, 15) is 0 Å². The minimum absolute atomic E-state index is 0.0671. The quantitative estimate of drug-likeness (QED) is 0.618. The van der Waals surface area contributed by atoms with Crippen LogP contribution in [0.25, 0.3) is 0 Å². The van der Waals surface area contributed by atoms with Crippen molar-refractivity contribution < 1.29 is 4.74 Å². The minimum atomic E-state index is -0.271. The topological polar surface area (TPSA) is 35.2 Å². The molecular formula is C9H17NO. The molecule has 0 heterocycles. The molecule has 2 N–H and O–H groups in total. The summed E-state index contributed by atoms with van der Waals surface area (Å²) in [5, 5.41) is 0. The maximum atomic E-state index is 5.82. The third-order valence-electron chi connectivity index (χ3n) is 2.29. The minimum Gasteiger partial charge on any atom is -0.377 e. The van der Waals surface area contributed by atoms with Gasteiger partial charge in [0.05, 0.1) is 5.60 Å². The van der Waals surface area contributed by atoms with Gasteiger partial charge in [0.1, 0.15) is 0 Å². The molecule has 0 rings (SSSR count). The molecule has 2 nitrogen and oxygen atoms in total. The third kappa shape index (κ3) is 2.53. The van der Waals surface area contributed by atoms with E-state index in [1.165, 1.54) is 0 Å². The number of terminal acetylenes is 1. The van der Waals surface area contributed by atoms with E-state index in [0.717, 1.165) is 6.42 Å². The van der Waals surface area contributed by atoms with E-state index >= 15 is 0 Å². The van der Waals surface area contributed by atoms with Crippen LogP contribution >= 0.6 is 0 Å². The van der Waals surface area contributed by atoms with Crippen LogP contribution in [0.1, 0.15) is 26.7 Å². The predicted molar refractivity (Wildman–Crippen MR) is 47.1 cm³/mol. The Morgan fingerprint density at radius 2 is 2.27 bits per heavy atom. The molecule has 0 bridgehead atoms. The highest BCUT2D eigenvalue weighted by atomic mass is 16.5. The van der Waals surface area contributed by atoms with Crippen LogP contribution in [-0.2, 0) is 4.74 Å². The average molecular weight is 155 g/mol. The van der Waals surface area contributed by atoms with E-state index in [-0.39, 0.29) is 11.6 Å². The summed E-state index contributed by atoms with van der Waals surface area (Å²) in [6.45, 7) is 4.02. The molecule has 0 aliphatic heterocycles. The van der Waals surface area contributed by atoms with Crippen LogP contribution in [0, 0.1) is 12.3 Å². The molecule has 0 amide bonds. The Bertz CT molecular complexity index is 144. The molecule has 11 heavy (non-hydrogen) atoms. The van der Waals surface area contributed by atoms with Crippen LogP contribution in [0.2, 0.25) is 0 Å². The maximum Gasteiger partial charge on any atom is 0.0807 e. The van der Waals surface area contributed by atoms with Gasteiger partial charge in [-0.25, -0.2) is 0 Å². The van der Waals surface area contributed by atoms with Gasteiger partial charge in [-0.05, 0) is 13.3 Å². The van der Waals surface area contributed by atoms with Gasteiger partial charge in [-0.15, -0.1) is 12.3 Å². The first-order valence-electron chi connectivity index (χ1n) is 3.85. The number of rotatable bonds is 4. The lowest BCUT2D eigenvalue weighted by Crippen LogP contribution is -2.46. The van der Waals surface area contributed by atoms with E-state index in [4.69, 9.17) is 16.9 Å². The van der Waals surface area contributed by atoms with Gasteiger partial charge in [0.25, 0.3) is 0 Å². The first-order valence-corrected chi connectivity index (χ1v) is 3.85. The fourth-order valence-corrected chi connectivity index (χ4v) is 0.901. The molecule has 2 heteroatoms. The molecule has 0 fully saturated rings. The van der Waals surface area contributed by atoms with Crippen LogP contribution in [0.15, 0.2) is 0 Å². The summed E-state index contributed by atoms with van der Waals surface area (Å²) in [5.41, 5.74) is 5.54. The van der Waals surface area contributed by atoms with E-state index in [1.54, 1.807) is 7.11 Å². The number of nitrogens with two attached hydrogens (primary N) is 1. The lowest BCUT2D eigenvalue weighted by molar-refractivity contribution is -0.0173. The Morgan fingerprint density at radius 3 is 2.55 bits per heavy atom. The zero-order chi connectivity index (χ0) is 8.91. The fraction of sp³-hybridized carbons (Fsp3) is 0.778. The van der Waals surface area contributed by atoms with Crippen molar-refractivity contribution in [2.45, 2.75) is 38.3 Å². The summed E-state index contributed by atoms with van der Waals surface area (Å²) in [4.78, 5) is 0. The second-order valence-corrected chi connectivity index (χ2v) is 2.89. The van der Waals surface area contributed by atoms with Crippen LogP contribution < -0.4 is 5.73 Å². The third-order valence-corrected chi connectivity index (χ3v) is 2.29. The second-order valence-electron chi connectivity index (χ2n) is 2.89. The van der Waals surface area contributed by atoms with E-state index in [0.29, 0.717) is 6.42 Å². The highest BCUT2D eigenvalue weighted by Crippen LogP contribution is 2.19. The summed E-state index contributed by atoms with van der Waals surface area (Å²) in [5.74, 6) is 2.54. The smallest absolute Gasteiger partial charge is 0.0807 e. The Labute approximate surface area is 69.1 Å². The molecule has 0 aliphatic carbocycles. The van der Waals surface area contributed by atoms with Gasteiger partial charge in [0.15, 0.2) is 0 Å². The monoisotopic (exact) mass is 155 g/mol. The van der Waals surface area contributed by atoms with Crippen molar-refractivity contribution in [3.63, 3.8) is 0 Å². The predicted octanol–water partition coefficient (Wildman–Crippen LogP) is 1.15. The SMILES string of the molecule is C#CCC(N)C(C)(CC)OC. The lowest BCUT2D eigenvalue weighted by atomic mass is 9.92. The summed E-state index contributed by atoms with van der Waals surface area (Å²) in [6.07, 6.45) is 6.60. The number of methoxy groups -OCH3 is 1. The van der Waals surface area contributed by atoms with Crippen LogP contribution in [0.3, 0.4) is 0 Å². The van der Waals surface area contributed by atoms with Gasteiger partial charge in [0, 0.05) is 19.6 Å². The van der Waals surface area contributed by atoms with E-state index in [1.807, 2.05) is 13.8 Å². The number of ether oxygens (including phenoxy) is 1. The van der Waals surface area contributed by atoms with Gasteiger partial charge < -0.3 is 10.5 Å². The van der Waals surface area contributed by atoms with Crippen LogP contribution in [0.4, 0.5) is 0 Å². The fourth-order valence-electron chi connectivity index (χ4n) is 0.901. The van der Waals surface area contributed by atoms with Crippen LogP contribution in [-0.4, -0.2) is 18.8 Å². The molecule has 0 saturated carbocycles. The van der Waals surface area contributed by atoms with Gasteiger partial charge >= 0.3 is 0 Å². The zero-order valence-electron chi connectivity index (χ0n) is 7.55. The largest absolute Gasteiger partial charge is 0.377 e. The summed E-state index contributed by atoms with van der Waals surface area (Å²) in [6, 6.07) is -0.0671. The van der Waals surface area contributed by atoms with Crippen LogP contribution in [0.5, 0.6) is 0 Å². The van der Waals surface area contributed by atoms with Crippen molar-refractivity contribution in [2.24, 2.45) is 5.73 Å². The van der Waals surface area contributed by atoms with E-state index in [2.05, 4.69) is 5.92 Å². The molecule has 0 aromatic carbocycles. The molecule has 0 saturated heterocycles. The first kappa shape index (κ1) is 10.5. The normalized spacial score (nSPS) is 18.5. The van der Waals surface area contributed by atoms with Gasteiger partial charge in [-0.1, -0.05) is 6.92 Å². The molecule has 0 radical (unpaired) electrons. The second kappa shape index (κ2) is 4.38.